The van der Waals surface area contributed by atoms with Crippen LogP contribution in [0.5, 0.6) is 0 Å². The second-order valence-electron chi connectivity index (χ2n) is 5.44. The van der Waals surface area contributed by atoms with E-state index in [-0.39, 0.29) is 5.91 Å². The molecule has 0 unspecified atom stereocenters. The van der Waals surface area contributed by atoms with Crippen LogP contribution in [0.4, 0.5) is 5.69 Å². The molecule has 2 aromatic carbocycles. The summed E-state index contributed by atoms with van der Waals surface area (Å²) in [7, 11) is 0. The van der Waals surface area contributed by atoms with E-state index in [0.29, 0.717) is 24.8 Å². The average molecular weight is 394 g/mol. The van der Waals surface area contributed by atoms with E-state index in [2.05, 4.69) is 0 Å². The van der Waals surface area contributed by atoms with Crippen molar-refractivity contribution in [3.8, 4) is 0 Å². The molecule has 0 radical (unpaired) electrons. The zero-order chi connectivity index (χ0) is 17.4. The fourth-order valence-electron chi connectivity index (χ4n) is 2.51. The lowest BCUT2D eigenvalue weighted by molar-refractivity contribution is -0.113. The van der Waals surface area contributed by atoms with Gasteiger partial charge >= 0.3 is 0 Å². The predicted octanol–water partition coefficient (Wildman–Crippen LogP) is 6.02. The molecule has 0 N–H and O–H groups in total. The Labute approximate surface area is 160 Å². The number of thiocarbonyl (C=S) groups is 1. The van der Waals surface area contributed by atoms with Crippen molar-refractivity contribution in [2.45, 2.75) is 13.8 Å². The van der Waals surface area contributed by atoms with Crippen molar-refractivity contribution in [2.24, 2.45) is 0 Å². The van der Waals surface area contributed by atoms with Gasteiger partial charge in [0.25, 0.3) is 5.91 Å². The lowest BCUT2D eigenvalue weighted by atomic mass is 10.1. The van der Waals surface area contributed by atoms with Crippen molar-refractivity contribution in [1.29, 1.82) is 0 Å². The average Bonchev–Trinajstić information content (AvgIpc) is 2.78. The molecular weight excluding hydrogens is 381 g/mol. The number of hydrogen-bond acceptors (Lipinski definition) is 3. The van der Waals surface area contributed by atoms with Gasteiger partial charge < -0.3 is 0 Å². The quantitative estimate of drug-likeness (QED) is 0.459. The number of anilines is 1. The topological polar surface area (TPSA) is 20.3 Å². The van der Waals surface area contributed by atoms with Gasteiger partial charge in [-0.2, -0.15) is 0 Å². The molecule has 122 valence electrons. The van der Waals surface area contributed by atoms with Crippen LogP contribution in [0.15, 0.2) is 41.3 Å². The number of nitrogens with zero attached hydrogens (tertiary/aromatic N) is 1. The summed E-state index contributed by atoms with van der Waals surface area (Å²) in [6, 6.07) is 11.2. The van der Waals surface area contributed by atoms with Gasteiger partial charge in [0.1, 0.15) is 0 Å². The standard InChI is InChI=1S/C18H13Cl2NOS2/c1-10-6-7-15(11(2)8-10)21-17(22)16(24-18(21)23)9-12-13(19)4-3-5-14(12)20/h3-9H,1-2H3/b16-9-. The van der Waals surface area contributed by atoms with Crippen LogP contribution in [0.2, 0.25) is 10.0 Å². The summed E-state index contributed by atoms with van der Waals surface area (Å²) >= 11 is 19.0. The predicted molar refractivity (Wildman–Crippen MR) is 108 cm³/mol. The molecule has 1 fully saturated rings. The van der Waals surface area contributed by atoms with Gasteiger partial charge in [-0.05, 0) is 43.7 Å². The fourth-order valence-corrected chi connectivity index (χ4v) is 4.28. The monoisotopic (exact) mass is 393 g/mol. The van der Waals surface area contributed by atoms with Crippen molar-refractivity contribution in [3.05, 3.63) is 68.0 Å². The third-order valence-corrected chi connectivity index (χ3v) is 5.62. The van der Waals surface area contributed by atoms with E-state index >= 15 is 0 Å². The maximum absolute atomic E-state index is 12.8. The summed E-state index contributed by atoms with van der Waals surface area (Å²) in [6.45, 7) is 3.98. The van der Waals surface area contributed by atoms with Crippen LogP contribution in [0.1, 0.15) is 16.7 Å². The van der Waals surface area contributed by atoms with E-state index in [1.165, 1.54) is 11.8 Å². The number of hydrogen-bond donors (Lipinski definition) is 0. The highest BCUT2D eigenvalue weighted by Gasteiger charge is 2.34. The molecule has 3 rings (SSSR count). The Balaban J connectivity index is 2.02. The van der Waals surface area contributed by atoms with Crippen molar-refractivity contribution >= 4 is 69.2 Å². The van der Waals surface area contributed by atoms with E-state index < -0.39 is 0 Å². The Morgan fingerprint density at radius 2 is 1.79 bits per heavy atom. The number of halogens is 2. The summed E-state index contributed by atoms with van der Waals surface area (Å²) in [6.07, 6.45) is 1.70. The number of carbonyl (C=O) groups excluding carboxylic acids is 1. The number of benzene rings is 2. The van der Waals surface area contributed by atoms with Gasteiger partial charge in [0.2, 0.25) is 0 Å². The van der Waals surface area contributed by atoms with Gasteiger partial charge in [0.05, 0.1) is 10.6 Å². The SMILES string of the molecule is Cc1ccc(N2C(=O)/C(=C/c3c(Cl)cccc3Cl)SC2=S)c(C)c1. The highest BCUT2D eigenvalue weighted by atomic mass is 35.5. The van der Waals surface area contributed by atoms with Gasteiger partial charge in [0.15, 0.2) is 4.32 Å². The van der Waals surface area contributed by atoms with Crippen molar-refractivity contribution < 1.29 is 4.79 Å². The highest BCUT2D eigenvalue weighted by Crippen LogP contribution is 2.39. The van der Waals surface area contributed by atoms with Crippen LogP contribution in [0.3, 0.4) is 0 Å². The Morgan fingerprint density at radius 1 is 1.12 bits per heavy atom. The van der Waals surface area contributed by atoms with Crippen molar-refractivity contribution in [3.63, 3.8) is 0 Å². The smallest absolute Gasteiger partial charge is 0.268 e. The van der Waals surface area contributed by atoms with E-state index in [0.717, 1.165) is 16.8 Å². The largest absolute Gasteiger partial charge is 0.270 e. The Hall–Kier alpha value is -1.33. The van der Waals surface area contributed by atoms with Crippen LogP contribution in [0.25, 0.3) is 6.08 Å². The zero-order valence-corrected chi connectivity index (χ0v) is 16.1. The molecule has 1 aliphatic rings. The van der Waals surface area contributed by atoms with E-state index in [1.807, 2.05) is 32.0 Å². The second kappa shape index (κ2) is 6.89. The molecule has 24 heavy (non-hydrogen) atoms. The molecule has 0 aliphatic carbocycles. The van der Waals surface area contributed by atoms with Crippen LogP contribution >= 0.6 is 47.2 Å². The number of amides is 1. The molecule has 1 aliphatic heterocycles. The fraction of sp³-hybridized carbons (Fsp3) is 0.111. The zero-order valence-electron chi connectivity index (χ0n) is 13.0. The van der Waals surface area contributed by atoms with Crippen molar-refractivity contribution in [2.75, 3.05) is 4.90 Å². The number of rotatable bonds is 2. The minimum absolute atomic E-state index is 0.159. The van der Waals surface area contributed by atoms with E-state index in [1.54, 1.807) is 29.2 Å². The van der Waals surface area contributed by atoms with Gasteiger partial charge in [-0.3, -0.25) is 9.69 Å². The number of aryl methyl sites for hydroxylation is 2. The Kier molecular flexibility index (Phi) is 5.02. The van der Waals surface area contributed by atoms with Crippen molar-refractivity contribution in [1.82, 2.24) is 0 Å². The highest BCUT2D eigenvalue weighted by molar-refractivity contribution is 8.27. The summed E-state index contributed by atoms with van der Waals surface area (Å²) in [5.74, 6) is -0.159. The number of carbonyl (C=O) groups is 1. The first-order chi connectivity index (χ1) is 11.4. The normalized spacial score (nSPS) is 16.3. The second-order valence-corrected chi connectivity index (χ2v) is 7.93. The molecule has 1 amide bonds. The third-order valence-electron chi connectivity index (χ3n) is 3.66. The van der Waals surface area contributed by atoms with Crippen LogP contribution in [-0.2, 0) is 4.79 Å². The summed E-state index contributed by atoms with van der Waals surface area (Å²) in [5, 5.41) is 0.999. The molecule has 2 nitrogen and oxygen atoms in total. The summed E-state index contributed by atoms with van der Waals surface area (Å²) in [5.41, 5.74) is 3.57. The molecule has 0 atom stereocenters. The number of thioether (sulfide) groups is 1. The Bertz CT molecular complexity index is 872. The van der Waals surface area contributed by atoms with Crippen LogP contribution in [0, 0.1) is 13.8 Å². The minimum atomic E-state index is -0.159. The maximum atomic E-state index is 12.8. The lowest BCUT2D eigenvalue weighted by Crippen LogP contribution is -2.28. The molecule has 2 aromatic rings. The van der Waals surface area contributed by atoms with Gasteiger partial charge in [-0.1, -0.05) is 70.9 Å². The van der Waals surface area contributed by atoms with Gasteiger partial charge in [-0.25, -0.2) is 0 Å². The molecule has 0 bridgehead atoms. The Morgan fingerprint density at radius 3 is 2.42 bits per heavy atom. The molecule has 0 spiro atoms. The summed E-state index contributed by atoms with van der Waals surface area (Å²) < 4.78 is 0.501. The van der Waals surface area contributed by atoms with E-state index in [4.69, 9.17) is 35.4 Å². The first-order valence-corrected chi connectivity index (χ1v) is 9.16. The lowest BCUT2D eigenvalue weighted by Gasteiger charge is -2.17. The molecule has 6 heteroatoms. The molecule has 0 saturated carbocycles. The molecule has 1 heterocycles. The van der Waals surface area contributed by atoms with Crippen LogP contribution < -0.4 is 4.90 Å². The first kappa shape index (κ1) is 17.5. The minimum Gasteiger partial charge on any atom is -0.268 e. The van der Waals surface area contributed by atoms with E-state index in [9.17, 15) is 4.79 Å². The third kappa shape index (κ3) is 3.24. The molecule has 0 aromatic heterocycles. The van der Waals surface area contributed by atoms with Gasteiger partial charge in [0, 0.05) is 15.6 Å². The summed E-state index contributed by atoms with van der Waals surface area (Å²) in [4.78, 5) is 14.9. The first-order valence-electron chi connectivity index (χ1n) is 7.17. The van der Waals surface area contributed by atoms with Crippen LogP contribution in [-0.4, -0.2) is 10.2 Å². The maximum Gasteiger partial charge on any atom is 0.270 e. The molecule has 1 saturated heterocycles. The van der Waals surface area contributed by atoms with Gasteiger partial charge in [-0.15, -0.1) is 0 Å². The molecular formula is C18H13Cl2NOS2.